The van der Waals surface area contributed by atoms with Crippen LogP contribution in [0.5, 0.6) is 0 Å². The smallest absolute Gasteiger partial charge is 0.337 e. The van der Waals surface area contributed by atoms with Gasteiger partial charge in [0.15, 0.2) is 0 Å². The molecule has 4 N–H and O–H groups in total. The van der Waals surface area contributed by atoms with Crippen LogP contribution in [0.4, 0.5) is 0 Å². The van der Waals surface area contributed by atoms with E-state index in [0.29, 0.717) is 25.7 Å². The number of carboxylic acids is 1. The second-order valence-corrected chi connectivity index (χ2v) is 11.8. The first-order chi connectivity index (χ1) is 28.2. The van der Waals surface area contributed by atoms with E-state index in [-0.39, 0.29) is 35.6 Å². The molecule has 1 heterocycles. The van der Waals surface area contributed by atoms with Gasteiger partial charge in [0.05, 0.1) is 13.2 Å². The van der Waals surface area contributed by atoms with Gasteiger partial charge < -0.3 is 35.3 Å². The molecule has 1 aliphatic rings. The number of rotatable bonds is 24. The van der Waals surface area contributed by atoms with Gasteiger partial charge in [0.2, 0.25) is 23.6 Å². The summed E-state index contributed by atoms with van der Waals surface area (Å²) in [6.07, 6.45) is 22.0. The fraction of sp³-hybridized carbons (Fsp3) is 0.545. The van der Waals surface area contributed by atoms with Gasteiger partial charge in [-0.15, -0.1) is 0 Å². The number of carbonyl (C=O) groups excluding carboxylic acids is 6. The van der Waals surface area contributed by atoms with Crippen LogP contribution in [0.3, 0.4) is 0 Å². The minimum absolute atomic E-state index is 0.0801. The monoisotopic (exact) mass is 835 g/mol. The van der Waals surface area contributed by atoms with Gasteiger partial charge in [-0.3, -0.25) is 19.4 Å². The minimum atomic E-state index is -1.11. The number of nitrogens with one attached hydrogen (secondary N) is 3. The van der Waals surface area contributed by atoms with Gasteiger partial charge >= 0.3 is 23.9 Å². The molecule has 15 nitrogen and oxygen atoms in total. The number of aliphatic carboxylic acids is 1. The number of ether oxygens (including phenoxy) is 3. The molecular formula is C44H74N4O11. The summed E-state index contributed by atoms with van der Waals surface area (Å²) in [6, 6.07) is 0. The highest BCUT2D eigenvalue weighted by atomic mass is 16.5. The van der Waals surface area contributed by atoms with Crippen molar-refractivity contribution in [1.29, 1.82) is 0 Å². The van der Waals surface area contributed by atoms with Crippen LogP contribution in [0, 0.1) is 0 Å². The lowest BCUT2D eigenvalue weighted by atomic mass is 10.3. The standard InChI is InChI=1S/C8H13NO3.C8H11NO2.2C7H13NO.2C7H12O2/c1-2-3-6-9-7(10)4-5-8(11)12;1-2-3-6-9-7-4-5-8(10)11-7;2*1-3-5-6-8-7(9)4-2;2*1-3-5-6-9-7(8)4-2/h4-5H,2-3,6H2,1H3,(H,9,10)(H,11,12);4-5H,2-3,6H2,1H3;2*4H,2-3,5-6H2,1H3,(H,8,9);2*4H,2-3,5-6H2,1H3/b5-4-;;;;;. The highest BCUT2D eigenvalue weighted by molar-refractivity contribution is 6.07. The highest BCUT2D eigenvalue weighted by Crippen LogP contribution is 1.99. The predicted octanol–water partition coefficient (Wildman–Crippen LogP) is 7.05. The molecular weight excluding hydrogens is 761 g/mol. The van der Waals surface area contributed by atoms with Crippen LogP contribution in [0.1, 0.15) is 119 Å². The van der Waals surface area contributed by atoms with Crippen molar-refractivity contribution in [2.45, 2.75) is 119 Å². The predicted molar refractivity (Wildman–Crippen MR) is 235 cm³/mol. The molecule has 336 valence electrons. The first-order valence-corrected chi connectivity index (χ1v) is 20.2. The first-order valence-electron chi connectivity index (χ1n) is 20.2. The van der Waals surface area contributed by atoms with Gasteiger partial charge in [-0.25, -0.2) is 19.2 Å². The molecule has 0 spiro atoms. The van der Waals surface area contributed by atoms with Crippen molar-refractivity contribution in [3.05, 3.63) is 74.9 Å². The van der Waals surface area contributed by atoms with Crippen LogP contribution < -0.4 is 16.0 Å². The molecule has 0 unspecified atom stereocenters. The second-order valence-electron chi connectivity index (χ2n) is 11.8. The number of carboxylic acid groups (broad SMARTS) is 1. The summed E-state index contributed by atoms with van der Waals surface area (Å²) in [5.41, 5.74) is 0. The lowest BCUT2D eigenvalue weighted by Crippen LogP contribution is -2.22. The topological polar surface area (TPSA) is 216 Å². The van der Waals surface area contributed by atoms with Crippen molar-refractivity contribution >= 4 is 47.5 Å². The number of cyclic esters (lactones) is 1. The van der Waals surface area contributed by atoms with Gasteiger partial charge in [-0.1, -0.05) is 106 Å². The molecule has 3 amide bonds. The van der Waals surface area contributed by atoms with E-state index >= 15 is 0 Å². The maximum absolute atomic E-state index is 10.8. The van der Waals surface area contributed by atoms with E-state index < -0.39 is 5.97 Å². The fourth-order valence-corrected chi connectivity index (χ4v) is 3.01. The lowest BCUT2D eigenvalue weighted by Gasteiger charge is -1.97. The van der Waals surface area contributed by atoms with Crippen molar-refractivity contribution in [3.63, 3.8) is 0 Å². The summed E-state index contributed by atoms with van der Waals surface area (Å²) in [7, 11) is 0. The van der Waals surface area contributed by atoms with Crippen molar-refractivity contribution < 1.29 is 52.9 Å². The second kappa shape index (κ2) is 52.4. The maximum Gasteiger partial charge on any atom is 0.337 e. The SMILES string of the molecule is C=CC(=O)NCCCC.C=CC(=O)NCCCC.C=CC(=O)OCCCC.C=CC(=O)OCCCC.CCCCN=C1C=CC(=O)O1.CCCCNC(=O)/C=C\C(=O)O. The third-order valence-electron chi connectivity index (χ3n) is 6.40. The zero-order chi connectivity index (χ0) is 46.0. The Bertz CT molecular complexity index is 1170. The van der Waals surface area contributed by atoms with Crippen molar-refractivity contribution in [3.8, 4) is 0 Å². The summed E-state index contributed by atoms with van der Waals surface area (Å²) in [6.45, 7) is 29.4. The summed E-state index contributed by atoms with van der Waals surface area (Å²) in [5, 5.41) is 16.1. The Morgan fingerprint density at radius 1 is 0.593 bits per heavy atom. The summed E-state index contributed by atoms with van der Waals surface area (Å²) in [4.78, 5) is 76.9. The molecule has 0 aromatic heterocycles. The van der Waals surface area contributed by atoms with Crippen LogP contribution in [0.15, 0.2) is 79.9 Å². The van der Waals surface area contributed by atoms with Gasteiger partial charge in [0.25, 0.3) is 0 Å². The van der Waals surface area contributed by atoms with E-state index in [0.717, 1.165) is 109 Å². The molecule has 0 aliphatic carbocycles. The summed E-state index contributed by atoms with van der Waals surface area (Å²) < 4.78 is 14.1. The minimum Gasteiger partial charge on any atom is -0.478 e. The van der Waals surface area contributed by atoms with Gasteiger partial charge in [-0.05, 0) is 50.7 Å². The Balaban J connectivity index is -0.000000199. The van der Waals surface area contributed by atoms with E-state index in [1.165, 1.54) is 30.4 Å². The average Bonchev–Trinajstić information content (AvgIpc) is 3.65. The molecule has 0 bridgehead atoms. The van der Waals surface area contributed by atoms with E-state index in [1.807, 2.05) is 20.8 Å². The van der Waals surface area contributed by atoms with Crippen molar-refractivity contribution in [2.24, 2.45) is 4.99 Å². The molecule has 0 saturated carbocycles. The molecule has 0 atom stereocenters. The van der Waals surface area contributed by atoms with Crippen LogP contribution in [-0.4, -0.2) is 92.0 Å². The third-order valence-corrected chi connectivity index (χ3v) is 6.40. The summed E-state index contributed by atoms with van der Waals surface area (Å²) >= 11 is 0. The Kier molecular flexibility index (Phi) is 55.6. The molecule has 0 saturated heterocycles. The molecule has 0 aromatic rings. The Hall–Kier alpha value is -5.60. The Morgan fingerprint density at radius 2 is 0.983 bits per heavy atom. The highest BCUT2D eigenvalue weighted by Gasteiger charge is 2.09. The Labute approximate surface area is 353 Å². The molecule has 0 aromatic carbocycles. The van der Waals surface area contributed by atoms with Gasteiger partial charge in [0.1, 0.15) is 0 Å². The van der Waals surface area contributed by atoms with Crippen molar-refractivity contribution in [2.75, 3.05) is 39.4 Å². The third kappa shape index (κ3) is 61.8. The van der Waals surface area contributed by atoms with Crippen LogP contribution in [-0.2, 0) is 47.8 Å². The van der Waals surface area contributed by atoms with E-state index in [1.54, 1.807) is 6.08 Å². The van der Waals surface area contributed by atoms with Gasteiger partial charge in [-0.2, -0.15) is 0 Å². The van der Waals surface area contributed by atoms with Crippen LogP contribution >= 0.6 is 0 Å². The molecule has 15 heteroatoms. The molecule has 1 aliphatic heterocycles. The van der Waals surface area contributed by atoms with Crippen LogP contribution in [0.25, 0.3) is 0 Å². The molecule has 0 radical (unpaired) electrons. The van der Waals surface area contributed by atoms with Crippen LogP contribution in [0.2, 0.25) is 0 Å². The number of esters is 3. The van der Waals surface area contributed by atoms with E-state index in [9.17, 15) is 33.6 Å². The fourth-order valence-electron chi connectivity index (χ4n) is 3.01. The Morgan fingerprint density at radius 3 is 1.29 bits per heavy atom. The van der Waals surface area contributed by atoms with E-state index in [2.05, 4.69) is 77.5 Å². The number of hydrogen-bond donors (Lipinski definition) is 4. The lowest BCUT2D eigenvalue weighted by molar-refractivity contribution is -0.138. The molecule has 59 heavy (non-hydrogen) atoms. The van der Waals surface area contributed by atoms with E-state index in [4.69, 9.17) is 9.84 Å². The summed E-state index contributed by atoms with van der Waals surface area (Å²) in [5.74, 6) is -2.16. The average molecular weight is 835 g/mol. The number of nitrogens with zero attached hydrogens (tertiary/aromatic N) is 1. The quantitative estimate of drug-likeness (QED) is 0.0334. The normalized spacial score (nSPS) is 10.9. The number of aliphatic imine (C=N–C) groups is 1. The number of hydrogen-bond acceptors (Lipinski definition) is 11. The number of amides is 3. The maximum atomic E-state index is 10.8. The molecule has 1 rings (SSSR count). The zero-order valence-corrected chi connectivity index (χ0v) is 36.7. The zero-order valence-electron chi connectivity index (χ0n) is 36.7. The number of carbonyl (C=O) groups is 7. The van der Waals surface area contributed by atoms with Gasteiger partial charge in [0, 0.05) is 62.6 Å². The number of unbranched alkanes of at least 4 members (excludes halogenated alkanes) is 6. The molecule has 0 fully saturated rings. The first kappa shape index (κ1) is 62.6. The largest absolute Gasteiger partial charge is 0.478 e. The van der Waals surface area contributed by atoms with Crippen molar-refractivity contribution in [1.82, 2.24) is 16.0 Å².